The summed E-state index contributed by atoms with van der Waals surface area (Å²) >= 11 is 0. The first-order chi connectivity index (χ1) is 7.36. The minimum atomic E-state index is 0.0463. The van der Waals surface area contributed by atoms with Gasteiger partial charge in [-0.05, 0) is 51.1 Å². The van der Waals surface area contributed by atoms with Gasteiger partial charge in [-0.25, -0.2) is 0 Å². The van der Waals surface area contributed by atoms with E-state index in [-0.39, 0.29) is 11.9 Å². The van der Waals surface area contributed by atoms with Gasteiger partial charge in [0.2, 0.25) is 0 Å². The van der Waals surface area contributed by atoms with Gasteiger partial charge in [-0.1, -0.05) is 6.42 Å². The van der Waals surface area contributed by atoms with Crippen molar-refractivity contribution in [2.24, 2.45) is 11.8 Å². The maximum Gasteiger partial charge on any atom is 0.308 e. The van der Waals surface area contributed by atoms with Gasteiger partial charge in [0.25, 0.3) is 0 Å². The minimum Gasteiger partial charge on any atom is -0.465 e. The van der Waals surface area contributed by atoms with Crippen molar-refractivity contribution in [3.05, 3.63) is 0 Å². The zero-order chi connectivity index (χ0) is 10.5. The van der Waals surface area contributed by atoms with Crippen molar-refractivity contribution in [3.63, 3.8) is 0 Å². The molecule has 1 saturated heterocycles. The molecule has 15 heavy (non-hydrogen) atoms. The van der Waals surface area contributed by atoms with Crippen LogP contribution in [-0.4, -0.2) is 25.7 Å². The second-order valence-electron chi connectivity index (χ2n) is 4.80. The zero-order valence-corrected chi connectivity index (χ0v) is 9.34. The van der Waals surface area contributed by atoms with E-state index >= 15 is 0 Å². The zero-order valence-electron chi connectivity index (χ0n) is 9.34. The Morgan fingerprint density at radius 1 is 1.27 bits per heavy atom. The minimum absolute atomic E-state index is 0.0463. The summed E-state index contributed by atoms with van der Waals surface area (Å²) in [5, 5.41) is 3.38. The summed E-state index contributed by atoms with van der Waals surface area (Å²) in [6.45, 7) is 2.88. The van der Waals surface area contributed by atoms with Crippen molar-refractivity contribution in [1.82, 2.24) is 5.32 Å². The molecule has 1 N–H and O–H groups in total. The van der Waals surface area contributed by atoms with Gasteiger partial charge in [-0.2, -0.15) is 0 Å². The molecule has 0 amide bonds. The predicted molar refractivity (Wildman–Crippen MR) is 58.5 cm³/mol. The number of carbonyl (C=O) groups excluding carboxylic acids is 1. The molecule has 2 fully saturated rings. The lowest BCUT2D eigenvalue weighted by Gasteiger charge is -2.25. The molecular weight excluding hydrogens is 190 g/mol. The smallest absolute Gasteiger partial charge is 0.308 e. The fraction of sp³-hybridized carbons (Fsp3) is 0.917. The molecule has 0 spiro atoms. The van der Waals surface area contributed by atoms with Crippen molar-refractivity contribution in [3.8, 4) is 0 Å². The Kier molecular flexibility index (Phi) is 4.01. The first-order valence-electron chi connectivity index (χ1n) is 6.23. The highest BCUT2D eigenvalue weighted by molar-refractivity contribution is 5.73. The van der Waals surface area contributed by atoms with Crippen molar-refractivity contribution in [1.29, 1.82) is 0 Å². The van der Waals surface area contributed by atoms with E-state index in [1.807, 2.05) is 0 Å². The van der Waals surface area contributed by atoms with Crippen LogP contribution in [0.1, 0.15) is 38.5 Å². The van der Waals surface area contributed by atoms with E-state index in [2.05, 4.69) is 5.32 Å². The molecule has 86 valence electrons. The van der Waals surface area contributed by atoms with Gasteiger partial charge in [0.05, 0.1) is 12.5 Å². The number of ether oxygens (including phenoxy) is 1. The van der Waals surface area contributed by atoms with Crippen molar-refractivity contribution < 1.29 is 9.53 Å². The highest BCUT2D eigenvalue weighted by Gasteiger charge is 2.26. The topological polar surface area (TPSA) is 38.3 Å². The van der Waals surface area contributed by atoms with Crippen LogP contribution in [0.25, 0.3) is 0 Å². The lowest BCUT2D eigenvalue weighted by Crippen LogP contribution is -2.31. The van der Waals surface area contributed by atoms with Gasteiger partial charge >= 0.3 is 5.97 Å². The molecule has 0 aromatic heterocycles. The summed E-state index contributed by atoms with van der Waals surface area (Å²) < 4.78 is 5.28. The molecule has 0 aromatic rings. The molecule has 0 aromatic carbocycles. The first-order valence-corrected chi connectivity index (χ1v) is 6.23. The molecule has 1 aliphatic heterocycles. The summed E-state index contributed by atoms with van der Waals surface area (Å²) in [5.74, 6) is 0.993. The number of carbonyl (C=O) groups is 1. The van der Waals surface area contributed by atoms with E-state index in [9.17, 15) is 4.79 Å². The number of nitrogens with one attached hydrogen (secondary N) is 1. The summed E-state index contributed by atoms with van der Waals surface area (Å²) in [5.41, 5.74) is 0. The second-order valence-corrected chi connectivity index (χ2v) is 4.80. The maximum absolute atomic E-state index is 11.4. The van der Waals surface area contributed by atoms with Crippen LogP contribution in [0.2, 0.25) is 0 Å². The number of hydrogen-bond acceptors (Lipinski definition) is 3. The molecule has 0 radical (unpaired) electrons. The Balaban J connectivity index is 1.55. The first kappa shape index (κ1) is 10.9. The van der Waals surface area contributed by atoms with E-state index in [1.165, 1.54) is 19.3 Å². The normalized spacial score (nSPS) is 27.1. The molecule has 1 heterocycles. The van der Waals surface area contributed by atoms with Gasteiger partial charge in [0.15, 0.2) is 0 Å². The van der Waals surface area contributed by atoms with Crippen LogP contribution in [-0.2, 0) is 9.53 Å². The molecule has 1 atom stereocenters. The Bertz CT molecular complexity index is 208. The average molecular weight is 211 g/mol. The lowest BCUT2D eigenvalue weighted by molar-refractivity contribution is -0.151. The molecule has 2 rings (SSSR count). The lowest BCUT2D eigenvalue weighted by atomic mass is 9.86. The van der Waals surface area contributed by atoms with Crippen LogP contribution in [0.3, 0.4) is 0 Å². The van der Waals surface area contributed by atoms with Gasteiger partial charge in [0.1, 0.15) is 0 Å². The van der Waals surface area contributed by atoms with E-state index in [0.717, 1.165) is 32.4 Å². The predicted octanol–water partition coefficient (Wildman–Crippen LogP) is 1.72. The van der Waals surface area contributed by atoms with Crippen LogP contribution in [0.15, 0.2) is 0 Å². The van der Waals surface area contributed by atoms with Gasteiger partial charge in [-0.3, -0.25) is 4.79 Å². The number of esters is 1. The highest BCUT2D eigenvalue weighted by atomic mass is 16.5. The molecule has 0 unspecified atom stereocenters. The third-order valence-electron chi connectivity index (χ3n) is 3.61. The molecule has 3 nitrogen and oxygen atoms in total. The molecule has 3 heteroatoms. The van der Waals surface area contributed by atoms with E-state index < -0.39 is 0 Å². The quantitative estimate of drug-likeness (QED) is 0.720. The van der Waals surface area contributed by atoms with E-state index in [4.69, 9.17) is 4.74 Å². The van der Waals surface area contributed by atoms with E-state index in [0.29, 0.717) is 12.5 Å². The number of hydrogen-bond donors (Lipinski definition) is 1. The molecule has 1 saturated carbocycles. The summed E-state index contributed by atoms with van der Waals surface area (Å²) in [6, 6.07) is 0. The average Bonchev–Trinajstić information content (AvgIpc) is 2.16. The molecule has 1 aliphatic carbocycles. The van der Waals surface area contributed by atoms with Crippen LogP contribution in [0.4, 0.5) is 0 Å². The summed E-state index contributed by atoms with van der Waals surface area (Å²) in [6.07, 6.45) is 6.88. The van der Waals surface area contributed by atoms with Crippen molar-refractivity contribution in [2.75, 3.05) is 19.7 Å². The summed E-state index contributed by atoms with van der Waals surface area (Å²) in [4.78, 5) is 11.4. The van der Waals surface area contributed by atoms with Crippen LogP contribution >= 0.6 is 0 Å². The molecular formula is C12H21NO2. The Morgan fingerprint density at radius 3 is 2.73 bits per heavy atom. The molecule has 0 bridgehead atoms. The largest absolute Gasteiger partial charge is 0.465 e. The Hall–Kier alpha value is -0.570. The van der Waals surface area contributed by atoms with Gasteiger partial charge in [0, 0.05) is 0 Å². The fourth-order valence-corrected chi connectivity index (χ4v) is 2.26. The van der Waals surface area contributed by atoms with Crippen LogP contribution in [0.5, 0.6) is 0 Å². The van der Waals surface area contributed by atoms with Gasteiger partial charge < -0.3 is 10.1 Å². The van der Waals surface area contributed by atoms with E-state index in [1.54, 1.807) is 0 Å². The van der Waals surface area contributed by atoms with Crippen LogP contribution < -0.4 is 5.32 Å². The Labute approximate surface area is 91.6 Å². The number of rotatable bonds is 4. The third-order valence-corrected chi connectivity index (χ3v) is 3.61. The van der Waals surface area contributed by atoms with Crippen molar-refractivity contribution in [2.45, 2.75) is 38.5 Å². The fourth-order valence-electron chi connectivity index (χ4n) is 2.26. The summed E-state index contributed by atoms with van der Waals surface area (Å²) in [7, 11) is 0. The SMILES string of the molecule is O=C(OCC[C@H]1CCCNC1)C1CCC1. The highest BCUT2D eigenvalue weighted by Crippen LogP contribution is 2.27. The Morgan fingerprint density at radius 2 is 2.13 bits per heavy atom. The molecule has 2 aliphatic rings. The third kappa shape index (κ3) is 3.20. The van der Waals surface area contributed by atoms with Crippen molar-refractivity contribution >= 4 is 5.97 Å². The van der Waals surface area contributed by atoms with Crippen LogP contribution in [0, 0.1) is 11.8 Å². The second kappa shape index (κ2) is 5.50. The maximum atomic E-state index is 11.4. The number of piperidine rings is 1. The van der Waals surface area contributed by atoms with Gasteiger partial charge in [-0.15, -0.1) is 0 Å². The monoisotopic (exact) mass is 211 g/mol. The standard InChI is InChI=1S/C12H21NO2/c14-12(11-4-1-5-11)15-8-6-10-3-2-7-13-9-10/h10-11,13H,1-9H2/t10-/m1/s1.